The van der Waals surface area contributed by atoms with Crippen LogP contribution in [0.4, 0.5) is 0 Å². The SMILES string of the molecule is CC(C)(C)c1csc(CNC(=O)c2ccn[nH]2)n1. The first-order valence-corrected chi connectivity index (χ1v) is 6.57. The van der Waals surface area contributed by atoms with E-state index in [1.165, 1.54) is 0 Å². The quantitative estimate of drug-likeness (QED) is 0.891. The maximum absolute atomic E-state index is 11.7. The van der Waals surface area contributed by atoms with E-state index >= 15 is 0 Å². The molecular weight excluding hydrogens is 248 g/mol. The molecule has 0 aliphatic rings. The molecule has 0 radical (unpaired) electrons. The summed E-state index contributed by atoms with van der Waals surface area (Å²) in [6.45, 7) is 6.80. The molecule has 96 valence electrons. The number of carbonyl (C=O) groups is 1. The molecule has 18 heavy (non-hydrogen) atoms. The number of amides is 1. The normalized spacial score (nSPS) is 11.5. The van der Waals surface area contributed by atoms with Gasteiger partial charge in [-0.3, -0.25) is 9.89 Å². The third kappa shape index (κ3) is 2.95. The van der Waals surface area contributed by atoms with Gasteiger partial charge in [-0.25, -0.2) is 4.98 Å². The topological polar surface area (TPSA) is 70.7 Å². The third-order valence-electron chi connectivity index (χ3n) is 2.47. The van der Waals surface area contributed by atoms with Gasteiger partial charge in [0.2, 0.25) is 0 Å². The van der Waals surface area contributed by atoms with Crippen LogP contribution in [0.5, 0.6) is 0 Å². The molecule has 0 unspecified atom stereocenters. The summed E-state index contributed by atoms with van der Waals surface area (Å²) in [6, 6.07) is 1.64. The Morgan fingerprint density at radius 2 is 2.28 bits per heavy atom. The number of rotatable bonds is 3. The lowest BCUT2D eigenvalue weighted by atomic mass is 9.93. The summed E-state index contributed by atoms with van der Waals surface area (Å²) in [5.41, 5.74) is 1.56. The summed E-state index contributed by atoms with van der Waals surface area (Å²) in [4.78, 5) is 16.2. The third-order valence-corrected chi connectivity index (χ3v) is 3.31. The Kier molecular flexibility index (Phi) is 3.47. The highest BCUT2D eigenvalue weighted by Crippen LogP contribution is 2.23. The Hall–Kier alpha value is -1.69. The van der Waals surface area contributed by atoms with Crippen molar-refractivity contribution in [1.29, 1.82) is 0 Å². The molecule has 0 spiro atoms. The Labute approximate surface area is 110 Å². The molecular formula is C12H16N4OS. The van der Waals surface area contributed by atoms with Gasteiger partial charge in [0.15, 0.2) is 0 Å². The van der Waals surface area contributed by atoms with Crippen LogP contribution < -0.4 is 5.32 Å². The number of H-pyrrole nitrogens is 1. The monoisotopic (exact) mass is 264 g/mol. The number of hydrogen-bond donors (Lipinski definition) is 2. The van der Waals surface area contributed by atoms with Crippen molar-refractivity contribution in [2.45, 2.75) is 32.7 Å². The molecule has 0 saturated heterocycles. The Balaban J connectivity index is 1.95. The number of aromatic amines is 1. The van der Waals surface area contributed by atoms with E-state index in [9.17, 15) is 4.79 Å². The van der Waals surface area contributed by atoms with Crippen molar-refractivity contribution in [1.82, 2.24) is 20.5 Å². The molecule has 0 bridgehead atoms. The van der Waals surface area contributed by atoms with E-state index < -0.39 is 0 Å². The van der Waals surface area contributed by atoms with Crippen molar-refractivity contribution in [3.8, 4) is 0 Å². The van der Waals surface area contributed by atoms with E-state index in [-0.39, 0.29) is 11.3 Å². The summed E-state index contributed by atoms with van der Waals surface area (Å²) in [6.07, 6.45) is 1.55. The van der Waals surface area contributed by atoms with Gasteiger partial charge >= 0.3 is 0 Å². The minimum absolute atomic E-state index is 0.0438. The van der Waals surface area contributed by atoms with Gasteiger partial charge in [-0.1, -0.05) is 20.8 Å². The van der Waals surface area contributed by atoms with E-state index in [1.807, 2.05) is 5.38 Å². The fourth-order valence-electron chi connectivity index (χ4n) is 1.37. The van der Waals surface area contributed by atoms with Crippen LogP contribution in [0.2, 0.25) is 0 Å². The number of nitrogens with zero attached hydrogens (tertiary/aromatic N) is 2. The highest BCUT2D eigenvalue weighted by Gasteiger charge is 2.17. The summed E-state index contributed by atoms with van der Waals surface area (Å²) >= 11 is 1.56. The molecule has 0 aliphatic heterocycles. The van der Waals surface area contributed by atoms with Crippen molar-refractivity contribution >= 4 is 17.2 Å². The lowest BCUT2D eigenvalue weighted by Crippen LogP contribution is -2.23. The van der Waals surface area contributed by atoms with E-state index in [1.54, 1.807) is 23.6 Å². The van der Waals surface area contributed by atoms with Crippen LogP contribution in [0.1, 0.15) is 42.0 Å². The van der Waals surface area contributed by atoms with E-state index in [4.69, 9.17) is 0 Å². The maximum atomic E-state index is 11.7. The average molecular weight is 264 g/mol. The zero-order valence-electron chi connectivity index (χ0n) is 10.7. The molecule has 5 nitrogen and oxygen atoms in total. The van der Waals surface area contributed by atoms with Gasteiger partial charge in [-0.2, -0.15) is 5.10 Å². The van der Waals surface area contributed by atoms with Crippen LogP contribution in [-0.2, 0) is 12.0 Å². The fourth-order valence-corrected chi connectivity index (χ4v) is 2.33. The highest BCUT2D eigenvalue weighted by molar-refractivity contribution is 7.09. The maximum Gasteiger partial charge on any atom is 0.269 e. The van der Waals surface area contributed by atoms with Gasteiger partial charge in [0.05, 0.1) is 12.2 Å². The second-order valence-electron chi connectivity index (χ2n) is 5.03. The first kappa shape index (κ1) is 12.8. The van der Waals surface area contributed by atoms with E-state index in [0.29, 0.717) is 12.2 Å². The minimum atomic E-state index is -0.167. The number of aromatic nitrogens is 3. The Bertz CT molecular complexity index is 525. The molecule has 0 saturated carbocycles. The average Bonchev–Trinajstić information content (AvgIpc) is 2.96. The fraction of sp³-hybridized carbons (Fsp3) is 0.417. The molecule has 0 aromatic carbocycles. The second kappa shape index (κ2) is 4.89. The molecule has 0 atom stereocenters. The summed E-state index contributed by atoms with van der Waals surface area (Å²) < 4.78 is 0. The van der Waals surface area contributed by atoms with Crippen molar-refractivity contribution in [3.63, 3.8) is 0 Å². The molecule has 1 amide bonds. The van der Waals surface area contributed by atoms with Crippen molar-refractivity contribution < 1.29 is 4.79 Å². The molecule has 0 aliphatic carbocycles. The van der Waals surface area contributed by atoms with Gasteiger partial charge in [0.1, 0.15) is 10.7 Å². The first-order chi connectivity index (χ1) is 8.47. The number of hydrogen-bond acceptors (Lipinski definition) is 4. The molecule has 6 heteroatoms. The number of nitrogens with one attached hydrogen (secondary N) is 2. The summed E-state index contributed by atoms with van der Waals surface area (Å²) in [7, 11) is 0. The molecule has 2 aromatic heterocycles. The Morgan fingerprint density at radius 3 is 2.83 bits per heavy atom. The Morgan fingerprint density at radius 1 is 1.50 bits per heavy atom. The van der Waals surface area contributed by atoms with Crippen LogP contribution in [0.25, 0.3) is 0 Å². The number of thiazole rings is 1. The molecule has 2 aromatic rings. The molecule has 2 heterocycles. The lowest BCUT2D eigenvalue weighted by Gasteiger charge is -2.14. The molecule has 2 rings (SSSR count). The van der Waals surface area contributed by atoms with Crippen molar-refractivity contribution in [2.24, 2.45) is 0 Å². The first-order valence-electron chi connectivity index (χ1n) is 5.69. The van der Waals surface area contributed by atoms with Crippen molar-refractivity contribution in [3.05, 3.63) is 34.0 Å². The van der Waals surface area contributed by atoms with Gasteiger partial charge < -0.3 is 5.32 Å². The van der Waals surface area contributed by atoms with Crippen molar-refractivity contribution in [2.75, 3.05) is 0 Å². The van der Waals surface area contributed by atoms with Gasteiger partial charge in [0, 0.05) is 17.0 Å². The van der Waals surface area contributed by atoms with Gasteiger partial charge in [-0.15, -0.1) is 11.3 Å². The number of carbonyl (C=O) groups excluding carboxylic acids is 1. The predicted molar refractivity (Wildman–Crippen MR) is 70.6 cm³/mol. The zero-order valence-corrected chi connectivity index (χ0v) is 11.5. The second-order valence-corrected chi connectivity index (χ2v) is 5.97. The van der Waals surface area contributed by atoms with Crippen LogP contribution in [-0.4, -0.2) is 21.1 Å². The van der Waals surface area contributed by atoms with E-state index in [2.05, 4.69) is 41.3 Å². The standard InChI is InChI=1S/C12H16N4OS/c1-12(2,3)9-7-18-10(15-9)6-13-11(17)8-4-5-14-16-8/h4-5,7H,6H2,1-3H3,(H,13,17)(H,14,16). The van der Waals surface area contributed by atoms with Gasteiger partial charge in [0.25, 0.3) is 5.91 Å². The smallest absolute Gasteiger partial charge is 0.269 e. The highest BCUT2D eigenvalue weighted by atomic mass is 32.1. The van der Waals surface area contributed by atoms with Crippen LogP contribution in [0.15, 0.2) is 17.6 Å². The minimum Gasteiger partial charge on any atom is -0.344 e. The predicted octanol–water partition coefficient (Wildman–Crippen LogP) is 2.09. The van der Waals surface area contributed by atoms with Crippen LogP contribution in [0, 0.1) is 0 Å². The van der Waals surface area contributed by atoms with E-state index in [0.717, 1.165) is 10.7 Å². The lowest BCUT2D eigenvalue weighted by molar-refractivity contribution is 0.0946. The summed E-state index contributed by atoms with van der Waals surface area (Å²) in [5.74, 6) is -0.167. The van der Waals surface area contributed by atoms with Crippen LogP contribution in [0.3, 0.4) is 0 Å². The largest absolute Gasteiger partial charge is 0.344 e. The van der Waals surface area contributed by atoms with Gasteiger partial charge in [-0.05, 0) is 6.07 Å². The van der Waals surface area contributed by atoms with Crippen LogP contribution >= 0.6 is 11.3 Å². The summed E-state index contributed by atoms with van der Waals surface area (Å²) in [5, 5.41) is 12.1. The molecule has 0 fully saturated rings. The zero-order chi connectivity index (χ0) is 13.2. The molecule has 2 N–H and O–H groups in total.